The van der Waals surface area contributed by atoms with Crippen molar-refractivity contribution >= 4 is 21.6 Å². The maximum atomic E-state index is 13.5. The number of aryl methyl sites for hydroxylation is 2. The number of hydrogen-bond acceptors (Lipinski definition) is 3. The van der Waals surface area contributed by atoms with Crippen molar-refractivity contribution in [3.8, 4) is 0 Å². The maximum Gasteiger partial charge on any atom is 0.333 e. The molecule has 0 bridgehead atoms. The van der Waals surface area contributed by atoms with Crippen molar-refractivity contribution < 1.29 is 9.31 Å². The fourth-order valence-corrected chi connectivity index (χ4v) is 2.26. The monoisotopic (exact) mass is 340 g/mol. The lowest BCUT2D eigenvalue weighted by Crippen LogP contribution is -2.14. The number of halogens is 2. The summed E-state index contributed by atoms with van der Waals surface area (Å²) in [6.45, 7) is 0.334. The van der Waals surface area contributed by atoms with Gasteiger partial charge < -0.3 is 4.57 Å². The van der Waals surface area contributed by atoms with Crippen LogP contribution in [0, 0.1) is 15.9 Å². The predicted molar refractivity (Wildman–Crippen MR) is 75.2 cm³/mol. The van der Waals surface area contributed by atoms with Crippen LogP contribution < -0.4 is 5.43 Å². The zero-order chi connectivity index (χ0) is 14.7. The first kappa shape index (κ1) is 14.4. The van der Waals surface area contributed by atoms with Crippen LogP contribution in [0.25, 0.3) is 0 Å². The fourth-order valence-electron chi connectivity index (χ4n) is 1.79. The SMILES string of the molecule is O=c1c(Br)cn(CCc2ccccc2F)cc1[N+](=O)[O-]. The van der Waals surface area contributed by atoms with Crippen molar-refractivity contribution in [1.29, 1.82) is 0 Å². The molecule has 0 saturated heterocycles. The number of aromatic nitrogens is 1. The van der Waals surface area contributed by atoms with Crippen molar-refractivity contribution in [2.45, 2.75) is 13.0 Å². The smallest absolute Gasteiger partial charge is 0.333 e. The summed E-state index contributed by atoms with van der Waals surface area (Å²) in [6, 6.07) is 6.34. The molecule has 0 atom stereocenters. The second-order valence-corrected chi connectivity index (χ2v) is 5.01. The molecule has 0 amide bonds. The van der Waals surface area contributed by atoms with Gasteiger partial charge in [0.05, 0.1) is 15.6 Å². The summed E-state index contributed by atoms with van der Waals surface area (Å²) in [5.41, 5.74) is -0.657. The number of hydrogen-bond donors (Lipinski definition) is 0. The number of nitro groups is 1. The molecular weight excluding hydrogens is 331 g/mol. The van der Waals surface area contributed by atoms with E-state index < -0.39 is 16.0 Å². The minimum atomic E-state index is -0.729. The molecule has 5 nitrogen and oxygen atoms in total. The van der Waals surface area contributed by atoms with Gasteiger partial charge in [0.15, 0.2) is 0 Å². The Balaban J connectivity index is 2.25. The van der Waals surface area contributed by atoms with Gasteiger partial charge in [0.25, 0.3) is 5.43 Å². The number of benzene rings is 1. The zero-order valence-electron chi connectivity index (χ0n) is 10.3. The standard InChI is InChI=1S/C13H10BrFN2O3/c14-10-7-16(8-12(13(10)18)17(19)20)6-5-9-3-1-2-4-11(9)15/h1-4,7-8H,5-6H2. The molecular formula is C13H10BrFN2O3. The molecule has 7 heteroatoms. The zero-order valence-corrected chi connectivity index (χ0v) is 11.8. The highest BCUT2D eigenvalue weighted by molar-refractivity contribution is 9.10. The number of nitrogens with zero attached hydrogens (tertiary/aromatic N) is 2. The summed E-state index contributed by atoms with van der Waals surface area (Å²) >= 11 is 2.99. The first-order valence-corrected chi connectivity index (χ1v) is 6.55. The summed E-state index contributed by atoms with van der Waals surface area (Å²) in [6.07, 6.45) is 2.99. The minimum absolute atomic E-state index is 0.111. The average Bonchev–Trinajstić information content (AvgIpc) is 2.41. The predicted octanol–water partition coefficient (Wildman–Crippen LogP) is 2.90. The average molecular weight is 341 g/mol. The van der Waals surface area contributed by atoms with Crippen LogP contribution in [0.5, 0.6) is 0 Å². The van der Waals surface area contributed by atoms with Crippen molar-refractivity contribution in [3.05, 3.63) is 72.9 Å². The molecule has 1 aromatic carbocycles. The third kappa shape index (κ3) is 3.11. The molecule has 1 aromatic heterocycles. The highest BCUT2D eigenvalue weighted by atomic mass is 79.9. The fraction of sp³-hybridized carbons (Fsp3) is 0.154. The van der Waals surface area contributed by atoms with Crippen molar-refractivity contribution in [2.24, 2.45) is 0 Å². The first-order valence-electron chi connectivity index (χ1n) is 5.76. The molecule has 0 fully saturated rings. The lowest BCUT2D eigenvalue weighted by Gasteiger charge is -2.07. The van der Waals surface area contributed by atoms with Crippen LogP contribution in [0.2, 0.25) is 0 Å². The maximum absolute atomic E-state index is 13.5. The number of pyridine rings is 1. The van der Waals surface area contributed by atoms with Gasteiger partial charge in [0.1, 0.15) is 5.82 Å². The largest absolute Gasteiger partial charge is 0.347 e. The van der Waals surface area contributed by atoms with Gasteiger partial charge in [0, 0.05) is 12.7 Å². The Hall–Kier alpha value is -2.02. The Morgan fingerprint density at radius 1 is 1.30 bits per heavy atom. The normalized spacial score (nSPS) is 10.5. The summed E-state index contributed by atoms with van der Waals surface area (Å²) < 4.78 is 15.1. The van der Waals surface area contributed by atoms with Crippen LogP contribution in [0.15, 0.2) is 45.9 Å². The summed E-state index contributed by atoms with van der Waals surface area (Å²) in [5, 5.41) is 10.8. The molecule has 0 spiro atoms. The van der Waals surface area contributed by atoms with Gasteiger partial charge in [-0.25, -0.2) is 4.39 Å². The second kappa shape index (κ2) is 5.96. The molecule has 0 saturated carbocycles. The molecule has 0 unspecified atom stereocenters. The van der Waals surface area contributed by atoms with Crippen LogP contribution in [0.1, 0.15) is 5.56 Å². The van der Waals surface area contributed by atoms with E-state index in [0.717, 1.165) is 6.20 Å². The Labute approximate surface area is 121 Å². The molecule has 1 heterocycles. The van der Waals surface area contributed by atoms with Crippen LogP contribution in [-0.2, 0) is 13.0 Å². The molecule has 2 aromatic rings. The van der Waals surface area contributed by atoms with E-state index in [4.69, 9.17) is 0 Å². The highest BCUT2D eigenvalue weighted by Gasteiger charge is 2.15. The van der Waals surface area contributed by atoms with Gasteiger partial charge in [-0.1, -0.05) is 18.2 Å². The topological polar surface area (TPSA) is 65.1 Å². The molecule has 0 aliphatic heterocycles. The quantitative estimate of drug-likeness (QED) is 0.634. The van der Waals surface area contributed by atoms with Crippen LogP contribution in [-0.4, -0.2) is 9.49 Å². The third-order valence-corrected chi connectivity index (χ3v) is 3.38. The van der Waals surface area contributed by atoms with Crippen molar-refractivity contribution in [2.75, 3.05) is 0 Å². The van der Waals surface area contributed by atoms with Gasteiger partial charge in [-0.15, -0.1) is 0 Å². The first-order chi connectivity index (χ1) is 9.49. The summed E-state index contributed by atoms with van der Waals surface area (Å²) in [7, 11) is 0. The van der Waals surface area contributed by atoms with E-state index in [-0.39, 0.29) is 10.3 Å². The molecule has 0 radical (unpaired) electrons. The third-order valence-electron chi connectivity index (χ3n) is 2.81. The molecule has 0 aliphatic rings. The van der Waals surface area contributed by atoms with E-state index >= 15 is 0 Å². The van der Waals surface area contributed by atoms with Gasteiger partial charge in [-0.3, -0.25) is 14.9 Å². The molecule has 0 aliphatic carbocycles. The van der Waals surface area contributed by atoms with Crippen LogP contribution >= 0.6 is 15.9 Å². The van der Waals surface area contributed by atoms with E-state index in [1.807, 2.05) is 0 Å². The molecule has 0 N–H and O–H groups in total. The Morgan fingerprint density at radius 3 is 2.65 bits per heavy atom. The van der Waals surface area contributed by atoms with Gasteiger partial charge in [-0.05, 0) is 34.0 Å². The van der Waals surface area contributed by atoms with Crippen molar-refractivity contribution in [3.63, 3.8) is 0 Å². The van der Waals surface area contributed by atoms with Crippen molar-refractivity contribution in [1.82, 2.24) is 4.57 Å². The Bertz CT molecular complexity index is 715. The second-order valence-electron chi connectivity index (χ2n) is 4.16. The van der Waals surface area contributed by atoms with E-state index in [2.05, 4.69) is 15.9 Å². The summed E-state index contributed by atoms with van der Waals surface area (Å²) in [4.78, 5) is 21.6. The molecule has 2 rings (SSSR count). The summed E-state index contributed by atoms with van der Waals surface area (Å²) in [5.74, 6) is -0.317. The van der Waals surface area contributed by atoms with Gasteiger partial charge in [0.2, 0.25) is 0 Å². The van der Waals surface area contributed by atoms with Crippen LogP contribution in [0.4, 0.5) is 10.1 Å². The van der Waals surface area contributed by atoms with E-state index in [1.165, 1.54) is 16.8 Å². The Morgan fingerprint density at radius 2 is 2.00 bits per heavy atom. The number of rotatable bonds is 4. The van der Waals surface area contributed by atoms with E-state index in [9.17, 15) is 19.3 Å². The lowest BCUT2D eigenvalue weighted by molar-refractivity contribution is -0.386. The molecule has 104 valence electrons. The Kier molecular flexibility index (Phi) is 4.29. The molecule has 20 heavy (non-hydrogen) atoms. The van der Waals surface area contributed by atoms with Gasteiger partial charge in [-0.2, -0.15) is 0 Å². The van der Waals surface area contributed by atoms with Crippen LogP contribution in [0.3, 0.4) is 0 Å². The van der Waals surface area contributed by atoms with E-state index in [1.54, 1.807) is 18.2 Å². The van der Waals surface area contributed by atoms with Gasteiger partial charge >= 0.3 is 5.69 Å². The lowest BCUT2D eigenvalue weighted by atomic mass is 10.1. The highest BCUT2D eigenvalue weighted by Crippen LogP contribution is 2.13. The minimum Gasteiger partial charge on any atom is -0.347 e. The van der Waals surface area contributed by atoms with E-state index in [0.29, 0.717) is 18.5 Å².